The number of aliphatic imine (C=N–C) groups is 1. The van der Waals surface area contributed by atoms with Gasteiger partial charge in [-0.15, -0.1) is 0 Å². The molecule has 2 rings (SSSR count). The van der Waals surface area contributed by atoms with Crippen molar-refractivity contribution in [3.63, 3.8) is 0 Å². The number of thiol groups is 1. The molecule has 23 N–H and O–H groups in total. The molecule has 35 nitrogen and oxygen atoms in total. The smallest absolute Gasteiger partial charge is 0.326 e. The van der Waals surface area contributed by atoms with Crippen molar-refractivity contribution in [3.05, 3.63) is 18.2 Å². The number of aromatic amines is 1. The van der Waals surface area contributed by atoms with Crippen LogP contribution in [-0.2, 0) is 68.7 Å². The number of carboxylic acid groups (broad SMARTS) is 1. The number of hydrogen-bond donors (Lipinski definition) is 20. The number of guanidine groups is 1. The van der Waals surface area contributed by atoms with E-state index >= 15 is 0 Å². The number of rotatable bonds is 39. The van der Waals surface area contributed by atoms with Crippen LogP contribution in [0.4, 0.5) is 0 Å². The van der Waals surface area contributed by atoms with Gasteiger partial charge < -0.3 is 106 Å². The molecular weight excluding hydrogens is 1220 g/mol. The minimum atomic E-state index is -1.75. The van der Waals surface area contributed by atoms with Gasteiger partial charge in [0, 0.05) is 37.2 Å². The number of nitrogens with zero attached hydrogens (tertiary/aromatic N) is 3. The number of carboxylic acids is 1. The third-order valence-corrected chi connectivity index (χ3v) is 14.6. The summed E-state index contributed by atoms with van der Waals surface area (Å²) < 4.78 is 0. The molecular formula is C55H94N18O17S. The van der Waals surface area contributed by atoms with Gasteiger partial charge in [-0.1, -0.05) is 41.5 Å². The number of primary amides is 1. The Morgan fingerprint density at radius 3 is 1.68 bits per heavy atom. The van der Waals surface area contributed by atoms with E-state index in [4.69, 9.17) is 22.9 Å². The molecule has 512 valence electrons. The van der Waals surface area contributed by atoms with E-state index in [0.717, 1.165) is 4.90 Å². The molecule has 0 aliphatic carbocycles. The number of aliphatic hydroxyl groups is 3. The maximum Gasteiger partial charge on any atom is 0.326 e. The fourth-order valence-electron chi connectivity index (χ4n) is 9.23. The van der Waals surface area contributed by atoms with Gasteiger partial charge >= 0.3 is 5.97 Å². The molecule has 1 fully saturated rings. The Kier molecular flexibility index (Phi) is 33.3. The molecule has 1 aliphatic rings. The van der Waals surface area contributed by atoms with Crippen molar-refractivity contribution in [1.82, 2.24) is 68.0 Å². The Morgan fingerprint density at radius 2 is 1.15 bits per heavy atom. The summed E-state index contributed by atoms with van der Waals surface area (Å²) in [4.78, 5) is 187. The summed E-state index contributed by atoms with van der Waals surface area (Å²) in [5, 5.41) is 64.6. The van der Waals surface area contributed by atoms with E-state index in [1.807, 2.05) is 0 Å². The van der Waals surface area contributed by atoms with E-state index in [2.05, 4.69) is 80.8 Å². The molecule has 0 saturated carbocycles. The number of aromatic nitrogens is 2. The van der Waals surface area contributed by atoms with E-state index in [-0.39, 0.29) is 81.6 Å². The van der Waals surface area contributed by atoms with Crippen LogP contribution in [0.3, 0.4) is 0 Å². The highest BCUT2D eigenvalue weighted by molar-refractivity contribution is 7.80. The van der Waals surface area contributed by atoms with Crippen LogP contribution in [0.1, 0.15) is 113 Å². The van der Waals surface area contributed by atoms with Crippen LogP contribution < -0.4 is 76.1 Å². The number of carbonyl (C=O) groups excluding carboxylic acids is 12. The van der Waals surface area contributed by atoms with Crippen LogP contribution in [-0.4, -0.2) is 228 Å². The number of imidazole rings is 1. The minimum Gasteiger partial charge on any atom is -0.480 e. The van der Waals surface area contributed by atoms with Gasteiger partial charge in [-0.05, 0) is 77.0 Å². The zero-order valence-electron chi connectivity index (χ0n) is 52.6. The summed E-state index contributed by atoms with van der Waals surface area (Å²) in [7, 11) is 0. The summed E-state index contributed by atoms with van der Waals surface area (Å²) in [5.74, 6) is -14.6. The first-order valence-corrected chi connectivity index (χ1v) is 30.4. The Bertz CT molecular complexity index is 2700. The van der Waals surface area contributed by atoms with E-state index in [1.165, 1.54) is 33.3 Å². The zero-order valence-corrected chi connectivity index (χ0v) is 53.5. The Labute approximate surface area is 532 Å². The fourth-order valence-corrected chi connectivity index (χ4v) is 9.48. The predicted octanol–water partition coefficient (Wildman–Crippen LogP) is -7.42. The van der Waals surface area contributed by atoms with Gasteiger partial charge in [0.05, 0.1) is 31.6 Å². The number of amides is 12. The van der Waals surface area contributed by atoms with Crippen molar-refractivity contribution in [1.29, 1.82) is 0 Å². The lowest BCUT2D eigenvalue weighted by molar-refractivity contribution is -0.143. The number of likely N-dealkylation sites (tertiary alicyclic amines) is 1. The van der Waals surface area contributed by atoms with Gasteiger partial charge in [0.25, 0.3) is 0 Å². The molecule has 0 aromatic carbocycles. The topological polar surface area (TPSA) is 571 Å². The maximum atomic E-state index is 14.3. The number of aliphatic carboxylic acids is 1. The molecule has 0 spiro atoms. The second kappa shape index (κ2) is 38.5. The Hall–Kier alpha value is -8.22. The molecule has 2 heterocycles. The van der Waals surface area contributed by atoms with Gasteiger partial charge in [-0.3, -0.25) is 62.5 Å². The van der Waals surface area contributed by atoms with Crippen molar-refractivity contribution in [2.24, 2.45) is 45.7 Å². The number of nitrogens with two attached hydrogens (primary N) is 4. The molecule has 91 heavy (non-hydrogen) atoms. The first-order chi connectivity index (χ1) is 42.5. The van der Waals surface area contributed by atoms with Crippen molar-refractivity contribution in [2.45, 2.75) is 198 Å². The lowest BCUT2D eigenvalue weighted by Gasteiger charge is -2.31. The number of hydrogen-bond acceptors (Lipinski definition) is 20. The molecule has 0 radical (unpaired) electrons. The molecule has 1 aliphatic heterocycles. The van der Waals surface area contributed by atoms with Crippen molar-refractivity contribution < 1.29 is 82.8 Å². The third kappa shape index (κ3) is 26.6. The lowest BCUT2D eigenvalue weighted by atomic mass is 10.0. The number of nitrogens with one attached hydrogen (secondary N) is 11. The van der Waals surface area contributed by atoms with E-state index in [0.29, 0.717) is 5.69 Å². The average molecular weight is 1310 g/mol. The SMILES string of the molecule is CC(C)C[C@H](NC(=O)[C@H](Cc1cnc[nH]1)NC(=O)[C@H](CCCN=C(N)N)NC(=O)[C@H](CC(C)C)NC(=O)[C@@H](NC(=O)[C@@H]1CCCN1C(=O)[C@H](CS)NC(=O)[C@@H](NC(=O)[C@H](C)NC(=O)[C@H](CC(N)=O)NC(=O)[C@H](CO)NC(=O)[C@@H](N)[C@@H](C)O)C(C)C)[C@@H](C)O)C(=O)O. The molecule has 1 aromatic heterocycles. The van der Waals surface area contributed by atoms with Gasteiger partial charge in [-0.2, -0.15) is 12.6 Å². The largest absolute Gasteiger partial charge is 0.480 e. The normalized spacial score (nSPS) is 17.3. The minimum absolute atomic E-state index is 0.0101. The summed E-state index contributed by atoms with van der Waals surface area (Å²) in [6.07, 6.45) is -0.848. The zero-order chi connectivity index (χ0) is 69.1. The molecule has 36 heteroatoms. The van der Waals surface area contributed by atoms with E-state index in [9.17, 15) is 82.8 Å². The molecule has 1 aromatic rings. The third-order valence-electron chi connectivity index (χ3n) is 14.2. The average Bonchev–Trinajstić information content (AvgIpc) is 1.89. The van der Waals surface area contributed by atoms with E-state index < -0.39 is 181 Å². The van der Waals surface area contributed by atoms with Gasteiger partial charge in [-0.25, -0.2) is 9.78 Å². The molecule has 0 bridgehead atoms. The molecule has 0 unspecified atom stereocenters. The highest BCUT2D eigenvalue weighted by atomic mass is 32.1. The molecule has 12 amide bonds. The summed E-state index contributed by atoms with van der Waals surface area (Å²) >= 11 is 4.28. The quantitative estimate of drug-likeness (QED) is 0.0126. The Balaban J connectivity index is 2.30. The predicted molar refractivity (Wildman–Crippen MR) is 329 cm³/mol. The van der Waals surface area contributed by atoms with Crippen molar-refractivity contribution >= 4 is 95.4 Å². The van der Waals surface area contributed by atoms with Crippen LogP contribution >= 0.6 is 12.6 Å². The summed E-state index contributed by atoms with van der Waals surface area (Å²) in [6, 6.07) is -17.8. The first-order valence-electron chi connectivity index (χ1n) is 29.7. The van der Waals surface area contributed by atoms with Crippen LogP contribution in [0.2, 0.25) is 0 Å². The summed E-state index contributed by atoms with van der Waals surface area (Å²) in [5.41, 5.74) is 22.3. The van der Waals surface area contributed by atoms with Crippen LogP contribution in [0.5, 0.6) is 0 Å². The maximum absolute atomic E-state index is 14.3. The lowest BCUT2D eigenvalue weighted by Crippen LogP contribution is -2.62. The van der Waals surface area contributed by atoms with Crippen LogP contribution in [0, 0.1) is 17.8 Å². The number of carbonyl (C=O) groups is 13. The highest BCUT2D eigenvalue weighted by Gasteiger charge is 2.42. The summed E-state index contributed by atoms with van der Waals surface area (Å²) in [6.45, 7) is 12.7. The standard InChI is InChI=1S/C55H94N18O17S/c1-24(2)16-32(46(81)64-31(12-10-14-61-55(58)59)44(79)65-33(18-30-20-60-23-62-30)47(82)68-35(54(89)90)17-25(3)4)67-52(87)42(29(9)76)72-49(84)38-13-11-15-73(38)53(88)37(22-91)70-51(86)41(26(5)6)71-43(78)27(7)63-45(80)34(19-39(56)77)66-48(83)36(21-74)69-50(85)40(57)28(8)75/h20,23-29,31-38,40-42,74-76,91H,10-19,21-22,57H2,1-9H3,(H2,56,77)(H,60,62)(H,63,80)(H,64,81)(H,65,79)(H,66,83)(H,67,87)(H,68,82)(H,69,85)(H,70,86)(H,71,78)(H,72,84)(H,89,90)(H4,58,59,61)/t27-,28+,29+,31-,32-,33-,34-,35-,36-,37-,38-,40-,41-,42-/m0/s1. The molecule has 1 saturated heterocycles. The van der Waals surface area contributed by atoms with Gasteiger partial charge in [0.2, 0.25) is 70.9 Å². The monoisotopic (exact) mass is 1310 g/mol. The van der Waals surface area contributed by atoms with E-state index in [1.54, 1.807) is 41.5 Å². The van der Waals surface area contributed by atoms with Crippen molar-refractivity contribution in [3.8, 4) is 0 Å². The Morgan fingerprint density at radius 1 is 0.637 bits per heavy atom. The highest BCUT2D eigenvalue weighted by Crippen LogP contribution is 2.20. The second-order valence-electron chi connectivity index (χ2n) is 23.4. The second-order valence-corrected chi connectivity index (χ2v) is 23.8. The van der Waals surface area contributed by atoms with Crippen molar-refractivity contribution in [2.75, 3.05) is 25.4 Å². The fraction of sp³-hybridized carbons (Fsp3) is 0.691. The number of H-pyrrole nitrogens is 1. The van der Waals surface area contributed by atoms with Gasteiger partial charge in [0.15, 0.2) is 5.96 Å². The first kappa shape index (κ1) is 78.9. The van der Waals surface area contributed by atoms with Crippen LogP contribution in [0.15, 0.2) is 17.5 Å². The molecule has 14 atom stereocenters. The number of aliphatic hydroxyl groups excluding tert-OH is 3. The van der Waals surface area contributed by atoms with Crippen LogP contribution in [0.25, 0.3) is 0 Å². The van der Waals surface area contributed by atoms with Gasteiger partial charge in [0.1, 0.15) is 72.5 Å².